The minimum absolute atomic E-state index is 1.17. The molecule has 0 saturated heterocycles. The van der Waals surface area contributed by atoms with Gasteiger partial charge in [-0.15, -0.1) is 11.3 Å². The highest BCUT2D eigenvalue weighted by atomic mass is 32.1. The molecule has 0 unspecified atom stereocenters. The Morgan fingerprint density at radius 2 is 2.06 bits per heavy atom. The molecule has 0 aliphatic rings. The van der Waals surface area contributed by atoms with E-state index < -0.39 is 0 Å². The normalized spacial score (nSPS) is 11.2. The van der Waals surface area contributed by atoms with Crippen molar-refractivity contribution in [3.05, 3.63) is 33.2 Å². The second-order valence-electron chi connectivity index (χ2n) is 4.22. The van der Waals surface area contributed by atoms with Gasteiger partial charge in [-0.2, -0.15) is 11.3 Å². The molecule has 0 spiro atoms. The van der Waals surface area contributed by atoms with E-state index in [1.807, 2.05) is 11.3 Å². The Balaban J connectivity index is 1.93. The third kappa shape index (κ3) is 3.17. The molecule has 0 atom stereocenters. The van der Waals surface area contributed by atoms with Gasteiger partial charge in [0.1, 0.15) is 0 Å². The fourth-order valence-corrected chi connectivity index (χ4v) is 3.27. The fourth-order valence-electron chi connectivity index (χ4n) is 1.66. The van der Waals surface area contributed by atoms with Crippen molar-refractivity contribution in [1.82, 2.24) is 4.90 Å². The van der Waals surface area contributed by atoms with Gasteiger partial charge in [0.2, 0.25) is 0 Å². The predicted molar refractivity (Wildman–Crippen MR) is 74.5 cm³/mol. The Labute approximate surface area is 105 Å². The van der Waals surface area contributed by atoms with Crippen LogP contribution in [0.3, 0.4) is 0 Å². The lowest BCUT2D eigenvalue weighted by Crippen LogP contribution is -2.13. The lowest BCUT2D eigenvalue weighted by Gasteiger charge is -2.07. The quantitative estimate of drug-likeness (QED) is 0.777. The van der Waals surface area contributed by atoms with Crippen molar-refractivity contribution < 1.29 is 0 Å². The molecule has 2 aromatic heterocycles. The van der Waals surface area contributed by atoms with E-state index in [9.17, 15) is 0 Å². The van der Waals surface area contributed by atoms with Gasteiger partial charge >= 0.3 is 0 Å². The summed E-state index contributed by atoms with van der Waals surface area (Å²) in [5.74, 6) is 0. The molecule has 3 heteroatoms. The van der Waals surface area contributed by atoms with Crippen LogP contribution < -0.4 is 0 Å². The maximum atomic E-state index is 2.34. The summed E-state index contributed by atoms with van der Waals surface area (Å²) in [6.45, 7) is 1.17. The van der Waals surface area contributed by atoms with E-state index in [1.165, 1.54) is 35.4 Å². The van der Waals surface area contributed by atoms with Crippen molar-refractivity contribution in [3.8, 4) is 11.1 Å². The minimum Gasteiger partial charge on any atom is -0.309 e. The van der Waals surface area contributed by atoms with Gasteiger partial charge in [0.05, 0.1) is 0 Å². The van der Waals surface area contributed by atoms with E-state index in [2.05, 4.69) is 47.3 Å². The third-order valence-electron chi connectivity index (χ3n) is 2.54. The summed E-state index contributed by atoms with van der Waals surface area (Å²) >= 11 is 3.65. The smallest absolute Gasteiger partial charge is 0.00521 e. The van der Waals surface area contributed by atoms with Crippen LogP contribution in [0.15, 0.2) is 28.3 Å². The van der Waals surface area contributed by atoms with Gasteiger partial charge in [0, 0.05) is 4.88 Å². The molecule has 2 rings (SSSR count). The van der Waals surface area contributed by atoms with Crippen LogP contribution in [0.1, 0.15) is 11.3 Å². The molecule has 0 bridgehead atoms. The molecular weight excluding hydrogens is 234 g/mol. The summed E-state index contributed by atoms with van der Waals surface area (Å²) in [6, 6.07) is 4.53. The van der Waals surface area contributed by atoms with Gasteiger partial charge < -0.3 is 4.90 Å². The first-order valence-electron chi connectivity index (χ1n) is 5.50. The van der Waals surface area contributed by atoms with Gasteiger partial charge in [-0.3, -0.25) is 0 Å². The van der Waals surface area contributed by atoms with E-state index in [0.717, 1.165) is 0 Å². The van der Waals surface area contributed by atoms with E-state index in [0.29, 0.717) is 0 Å². The molecule has 0 amide bonds. The largest absolute Gasteiger partial charge is 0.309 e. The molecule has 2 heterocycles. The van der Waals surface area contributed by atoms with Crippen molar-refractivity contribution in [2.24, 2.45) is 0 Å². The molecule has 0 N–H and O–H groups in total. The van der Waals surface area contributed by atoms with E-state index in [-0.39, 0.29) is 0 Å². The average molecular weight is 251 g/mol. The molecule has 0 fully saturated rings. The van der Waals surface area contributed by atoms with Crippen molar-refractivity contribution in [2.75, 3.05) is 20.6 Å². The monoisotopic (exact) mass is 251 g/mol. The van der Waals surface area contributed by atoms with Gasteiger partial charge in [0.15, 0.2) is 0 Å². The van der Waals surface area contributed by atoms with E-state index in [4.69, 9.17) is 0 Å². The molecular formula is C13H17NS2. The van der Waals surface area contributed by atoms with Crippen LogP contribution in [-0.4, -0.2) is 25.5 Å². The molecule has 0 aromatic carbocycles. The van der Waals surface area contributed by atoms with E-state index >= 15 is 0 Å². The molecule has 0 aliphatic heterocycles. The molecule has 0 radical (unpaired) electrons. The van der Waals surface area contributed by atoms with E-state index in [1.54, 1.807) is 11.3 Å². The number of thiophene rings is 2. The highest BCUT2D eigenvalue weighted by Gasteiger charge is 2.03. The first-order valence-corrected chi connectivity index (χ1v) is 7.32. The Morgan fingerprint density at radius 3 is 2.75 bits per heavy atom. The molecule has 2 aromatic rings. The summed E-state index contributed by atoms with van der Waals surface area (Å²) in [4.78, 5) is 3.75. The third-order valence-corrected chi connectivity index (χ3v) is 4.22. The molecule has 1 nitrogen and oxygen atoms in total. The van der Waals surface area contributed by atoms with Crippen LogP contribution in [0.2, 0.25) is 0 Å². The number of aryl methyl sites for hydroxylation is 1. The van der Waals surface area contributed by atoms with Gasteiger partial charge in [-0.25, -0.2) is 0 Å². The molecule has 0 saturated carbocycles. The predicted octanol–water partition coefficient (Wildman–Crippen LogP) is 3.97. The zero-order valence-electron chi connectivity index (χ0n) is 9.77. The topological polar surface area (TPSA) is 3.24 Å². The molecule has 0 aliphatic carbocycles. The summed E-state index contributed by atoms with van der Waals surface area (Å²) < 4.78 is 0. The fraction of sp³-hybridized carbons (Fsp3) is 0.385. The second kappa shape index (κ2) is 5.62. The Hall–Kier alpha value is -0.640. The van der Waals surface area contributed by atoms with Crippen LogP contribution in [0.4, 0.5) is 0 Å². The zero-order chi connectivity index (χ0) is 11.4. The number of rotatable bonds is 5. The summed E-state index contributed by atoms with van der Waals surface area (Å²) in [6.07, 6.45) is 2.45. The van der Waals surface area contributed by atoms with Gasteiger partial charge in [0.25, 0.3) is 0 Å². The molecule has 16 heavy (non-hydrogen) atoms. The average Bonchev–Trinajstić information content (AvgIpc) is 2.85. The Morgan fingerprint density at radius 1 is 1.19 bits per heavy atom. The van der Waals surface area contributed by atoms with Crippen LogP contribution >= 0.6 is 22.7 Å². The highest BCUT2D eigenvalue weighted by Crippen LogP contribution is 2.27. The maximum absolute atomic E-state index is 2.34. The van der Waals surface area contributed by atoms with Crippen molar-refractivity contribution in [3.63, 3.8) is 0 Å². The SMILES string of the molecule is CN(C)CCCc1cc(-c2ccsc2)cs1. The first kappa shape index (κ1) is 11.8. The van der Waals surface area contributed by atoms with Crippen molar-refractivity contribution in [1.29, 1.82) is 0 Å². The van der Waals surface area contributed by atoms with Crippen molar-refractivity contribution >= 4 is 22.7 Å². The van der Waals surface area contributed by atoms with Crippen LogP contribution in [0.25, 0.3) is 11.1 Å². The van der Waals surface area contributed by atoms with Crippen molar-refractivity contribution in [2.45, 2.75) is 12.8 Å². The Kier molecular flexibility index (Phi) is 4.16. The number of nitrogens with zero attached hydrogens (tertiary/aromatic N) is 1. The maximum Gasteiger partial charge on any atom is 0.00521 e. The van der Waals surface area contributed by atoms with Gasteiger partial charge in [-0.05, 0) is 72.9 Å². The molecule has 86 valence electrons. The van der Waals surface area contributed by atoms with Gasteiger partial charge in [-0.1, -0.05) is 0 Å². The number of hydrogen-bond acceptors (Lipinski definition) is 3. The number of hydrogen-bond donors (Lipinski definition) is 0. The zero-order valence-corrected chi connectivity index (χ0v) is 11.4. The first-order chi connectivity index (χ1) is 7.75. The summed E-state index contributed by atoms with van der Waals surface area (Å²) in [5, 5.41) is 6.62. The Bertz CT molecular complexity index is 415. The van der Waals surface area contributed by atoms with Crippen LogP contribution in [0, 0.1) is 0 Å². The highest BCUT2D eigenvalue weighted by molar-refractivity contribution is 7.10. The lowest BCUT2D eigenvalue weighted by atomic mass is 10.1. The van der Waals surface area contributed by atoms with Crippen LogP contribution in [-0.2, 0) is 6.42 Å². The second-order valence-corrected chi connectivity index (χ2v) is 6.00. The minimum atomic E-state index is 1.17. The summed E-state index contributed by atoms with van der Waals surface area (Å²) in [5.41, 5.74) is 2.74. The summed E-state index contributed by atoms with van der Waals surface area (Å²) in [7, 11) is 4.26. The standard InChI is InChI=1S/C13H17NS2/c1-14(2)6-3-4-13-8-12(10-16-13)11-5-7-15-9-11/h5,7-10H,3-4,6H2,1-2H3. The lowest BCUT2D eigenvalue weighted by molar-refractivity contribution is 0.401. The van der Waals surface area contributed by atoms with Crippen LogP contribution in [0.5, 0.6) is 0 Å².